The minimum Gasteiger partial charge on any atom is -0.360 e. The van der Waals surface area contributed by atoms with E-state index < -0.39 is 0 Å². The average molecular weight is 367 g/mol. The maximum Gasteiger partial charge on any atom is 0.246 e. The topological polar surface area (TPSA) is 51.3 Å². The molecule has 0 spiro atoms. The molecule has 1 aliphatic heterocycles. The quantitative estimate of drug-likeness (QED) is 0.746. The molecule has 0 aromatic carbocycles. The van der Waals surface area contributed by atoms with Crippen LogP contribution in [0.4, 0.5) is 0 Å². The first-order chi connectivity index (χ1) is 13.0. The highest BCUT2D eigenvalue weighted by atomic mass is 16.5. The van der Waals surface area contributed by atoms with E-state index in [1.807, 2.05) is 26.0 Å². The van der Waals surface area contributed by atoms with E-state index in [0.717, 1.165) is 41.5 Å². The Labute approximate surface area is 161 Å². The Morgan fingerprint density at radius 3 is 2.70 bits per heavy atom. The molecular formula is C22H29N3O2. The molecule has 1 amide bonds. The zero-order valence-electron chi connectivity index (χ0n) is 16.6. The molecular weight excluding hydrogens is 338 g/mol. The lowest BCUT2D eigenvalue weighted by atomic mass is 9.78. The third kappa shape index (κ3) is 3.47. The van der Waals surface area contributed by atoms with Gasteiger partial charge in [-0.25, -0.2) is 0 Å². The number of carbonyl (C=O) groups is 1. The fourth-order valence-corrected chi connectivity index (χ4v) is 4.92. The average Bonchev–Trinajstić information content (AvgIpc) is 3.21. The molecule has 1 saturated carbocycles. The molecule has 2 aliphatic rings. The summed E-state index contributed by atoms with van der Waals surface area (Å²) in [7, 11) is 0. The number of fused-ring (bicyclic) bond motifs is 1. The van der Waals surface area contributed by atoms with E-state index >= 15 is 0 Å². The number of aryl methyl sites for hydroxylation is 2. The molecule has 5 heteroatoms. The smallest absolute Gasteiger partial charge is 0.246 e. The van der Waals surface area contributed by atoms with Crippen molar-refractivity contribution in [3.8, 4) is 5.82 Å². The summed E-state index contributed by atoms with van der Waals surface area (Å²) >= 11 is 0. The second kappa shape index (κ2) is 7.37. The van der Waals surface area contributed by atoms with Gasteiger partial charge in [-0.05, 0) is 70.1 Å². The molecule has 4 rings (SSSR count). The van der Waals surface area contributed by atoms with Crippen LogP contribution >= 0.6 is 0 Å². The van der Waals surface area contributed by atoms with Gasteiger partial charge in [0.2, 0.25) is 5.91 Å². The molecule has 144 valence electrons. The number of aromatic nitrogens is 2. The molecule has 2 atom stereocenters. The summed E-state index contributed by atoms with van der Waals surface area (Å²) in [5.74, 6) is 2.45. The molecule has 2 aromatic rings. The van der Waals surface area contributed by atoms with E-state index in [1.165, 1.54) is 32.1 Å². The summed E-state index contributed by atoms with van der Waals surface area (Å²) in [6.45, 7) is 6.90. The van der Waals surface area contributed by atoms with Crippen molar-refractivity contribution >= 4 is 12.0 Å². The van der Waals surface area contributed by atoms with Gasteiger partial charge in [-0.1, -0.05) is 18.0 Å². The first kappa shape index (κ1) is 18.1. The van der Waals surface area contributed by atoms with Gasteiger partial charge in [0, 0.05) is 36.1 Å². The predicted molar refractivity (Wildman–Crippen MR) is 106 cm³/mol. The van der Waals surface area contributed by atoms with Crippen molar-refractivity contribution in [2.24, 2.45) is 5.92 Å². The Morgan fingerprint density at radius 2 is 1.93 bits per heavy atom. The largest absolute Gasteiger partial charge is 0.360 e. The first-order valence-electron chi connectivity index (χ1n) is 10.2. The highest BCUT2D eigenvalue weighted by Gasteiger charge is 2.34. The molecule has 3 heterocycles. The monoisotopic (exact) mass is 367 g/mol. The fourth-order valence-electron chi connectivity index (χ4n) is 4.92. The molecule has 2 fully saturated rings. The van der Waals surface area contributed by atoms with Crippen molar-refractivity contribution in [3.05, 3.63) is 40.9 Å². The van der Waals surface area contributed by atoms with Crippen LogP contribution in [0.5, 0.6) is 0 Å². The van der Waals surface area contributed by atoms with E-state index in [9.17, 15) is 4.79 Å². The van der Waals surface area contributed by atoms with Crippen molar-refractivity contribution in [1.29, 1.82) is 0 Å². The number of amides is 1. The Morgan fingerprint density at radius 1 is 1.15 bits per heavy atom. The second-order valence-corrected chi connectivity index (χ2v) is 8.08. The van der Waals surface area contributed by atoms with Gasteiger partial charge in [0.1, 0.15) is 5.76 Å². The lowest BCUT2D eigenvalue weighted by Crippen LogP contribution is -2.49. The number of hydrogen-bond acceptors (Lipinski definition) is 3. The van der Waals surface area contributed by atoms with Gasteiger partial charge in [-0.3, -0.25) is 9.36 Å². The third-order valence-corrected chi connectivity index (χ3v) is 6.25. The standard InChI is InChI=1S/C22H29N3O2/c1-15-13-19(17(3)25(15)21-14-16(2)27-23-21)10-11-22(26)24-12-6-8-18-7-4-5-9-20(18)24/h10-11,13-14,18,20H,4-9,12H2,1-3H3/b11-10+/t18-,20+/m1/s1. The number of rotatable bonds is 3. The fraction of sp³-hybridized carbons (Fsp3) is 0.545. The van der Waals surface area contributed by atoms with Crippen LogP contribution in [0.1, 0.15) is 61.2 Å². The van der Waals surface area contributed by atoms with Crippen LogP contribution < -0.4 is 0 Å². The number of hydrogen-bond donors (Lipinski definition) is 0. The summed E-state index contributed by atoms with van der Waals surface area (Å²) in [6.07, 6.45) is 11.2. The van der Waals surface area contributed by atoms with Gasteiger partial charge in [0.05, 0.1) is 0 Å². The van der Waals surface area contributed by atoms with E-state index in [4.69, 9.17) is 4.52 Å². The van der Waals surface area contributed by atoms with Gasteiger partial charge < -0.3 is 9.42 Å². The number of nitrogens with zero attached hydrogens (tertiary/aromatic N) is 3. The highest BCUT2D eigenvalue weighted by Crippen LogP contribution is 2.35. The van der Waals surface area contributed by atoms with Crippen molar-refractivity contribution in [2.75, 3.05) is 6.54 Å². The summed E-state index contributed by atoms with van der Waals surface area (Å²) < 4.78 is 7.28. The van der Waals surface area contributed by atoms with Crippen molar-refractivity contribution in [2.45, 2.75) is 65.3 Å². The van der Waals surface area contributed by atoms with Crippen LogP contribution in [-0.4, -0.2) is 33.1 Å². The van der Waals surface area contributed by atoms with E-state index in [0.29, 0.717) is 12.0 Å². The number of likely N-dealkylation sites (tertiary alicyclic amines) is 1. The molecule has 1 aliphatic carbocycles. The van der Waals surface area contributed by atoms with Crippen molar-refractivity contribution in [3.63, 3.8) is 0 Å². The second-order valence-electron chi connectivity index (χ2n) is 8.08. The number of carbonyl (C=O) groups excluding carboxylic acids is 1. The Kier molecular flexibility index (Phi) is 4.94. The zero-order valence-corrected chi connectivity index (χ0v) is 16.6. The summed E-state index contributed by atoms with van der Waals surface area (Å²) in [5.41, 5.74) is 3.20. The minimum absolute atomic E-state index is 0.161. The lowest BCUT2D eigenvalue weighted by molar-refractivity contribution is -0.132. The molecule has 0 bridgehead atoms. The first-order valence-corrected chi connectivity index (χ1v) is 10.2. The molecule has 0 N–H and O–H groups in total. The van der Waals surface area contributed by atoms with Gasteiger partial charge in [0.15, 0.2) is 5.82 Å². The van der Waals surface area contributed by atoms with Gasteiger partial charge in [0.25, 0.3) is 0 Å². The van der Waals surface area contributed by atoms with Crippen LogP contribution in [-0.2, 0) is 4.79 Å². The lowest BCUT2D eigenvalue weighted by Gasteiger charge is -2.43. The minimum atomic E-state index is 0.161. The van der Waals surface area contributed by atoms with Crippen molar-refractivity contribution < 1.29 is 9.32 Å². The normalized spacial score (nSPS) is 23.0. The maximum absolute atomic E-state index is 12.9. The molecule has 5 nitrogen and oxygen atoms in total. The van der Waals surface area contributed by atoms with Gasteiger partial charge in [-0.15, -0.1) is 0 Å². The van der Waals surface area contributed by atoms with Crippen LogP contribution in [0.3, 0.4) is 0 Å². The summed E-state index contributed by atoms with van der Waals surface area (Å²) in [4.78, 5) is 15.0. The van der Waals surface area contributed by atoms with E-state index in [1.54, 1.807) is 6.08 Å². The van der Waals surface area contributed by atoms with Gasteiger partial charge in [-0.2, -0.15) is 0 Å². The van der Waals surface area contributed by atoms with E-state index in [2.05, 4.69) is 27.6 Å². The van der Waals surface area contributed by atoms with E-state index in [-0.39, 0.29) is 5.91 Å². The Hall–Kier alpha value is -2.30. The summed E-state index contributed by atoms with van der Waals surface area (Å²) in [6, 6.07) is 4.48. The molecule has 1 saturated heterocycles. The van der Waals surface area contributed by atoms with Crippen molar-refractivity contribution in [1.82, 2.24) is 14.6 Å². The number of piperidine rings is 1. The zero-order chi connectivity index (χ0) is 19.0. The van der Waals surface area contributed by atoms with Crippen LogP contribution in [0.25, 0.3) is 11.9 Å². The molecule has 0 radical (unpaired) electrons. The molecule has 2 aromatic heterocycles. The third-order valence-electron chi connectivity index (χ3n) is 6.25. The summed E-state index contributed by atoms with van der Waals surface area (Å²) in [5, 5.41) is 4.12. The highest BCUT2D eigenvalue weighted by molar-refractivity contribution is 5.92. The predicted octanol–water partition coefficient (Wildman–Crippen LogP) is 4.58. The van der Waals surface area contributed by atoms with Gasteiger partial charge >= 0.3 is 0 Å². The Balaban J connectivity index is 1.53. The SMILES string of the molecule is Cc1cc(-n2c(C)cc(/C=C/C(=O)N3CCC[C@H]4CCCC[C@@H]43)c2C)no1. The van der Waals surface area contributed by atoms with Crippen LogP contribution in [0, 0.1) is 26.7 Å². The molecule has 0 unspecified atom stereocenters. The Bertz CT molecular complexity index is 859. The molecule has 27 heavy (non-hydrogen) atoms. The van der Waals surface area contributed by atoms with Crippen LogP contribution in [0.15, 0.2) is 22.7 Å². The van der Waals surface area contributed by atoms with Crippen LogP contribution in [0.2, 0.25) is 0 Å². The maximum atomic E-state index is 12.9.